The van der Waals surface area contributed by atoms with Crippen LogP contribution in [0.25, 0.3) is 22.1 Å². The monoisotopic (exact) mass is 376 g/mol. The van der Waals surface area contributed by atoms with Crippen LogP contribution in [0.5, 0.6) is 0 Å². The Kier molecular flexibility index (Phi) is 4.52. The van der Waals surface area contributed by atoms with Gasteiger partial charge in [-0.25, -0.2) is 9.97 Å². The Bertz CT molecular complexity index is 1070. The van der Waals surface area contributed by atoms with Gasteiger partial charge in [-0.2, -0.15) is 0 Å². The minimum atomic E-state index is -0.530. The van der Waals surface area contributed by atoms with Gasteiger partial charge in [0.05, 0.1) is 34.7 Å². The molecular weight excluding hydrogens is 356 g/mol. The van der Waals surface area contributed by atoms with Crippen molar-refractivity contribution >= 4 is 33.9 Å². The molecule has 28 heavy (non-hydrogen) atoms. The number of imidazole rings is 2. The molecule has 0 unspecified atom stereocenters. The number of hydrazine groups is 1. The summed E-state index contributed by atoms with van der Waals surface area (Å²) in [4.78, 5) is 33.6. The van der Waals surface area contributed by atoms with Crippen molar-refractivity contribution in [3.63, 3.8) is 0 Å². The maximum absolute atomic E-state index is 12.5. The summed E-state index contributed by atoms with van der Waals surface area (Å²) in [5, 5.41) is 0. The normalized spacial score (nSPS) is 13.4. The van der Waals surface area contributed by atoms with Crippen LogP contribution in [0.15, 0.2) is 61.2 Å². The number of rotatable bonds is 4. The van der Waals surface area contributed by atoms with Gasteiger partial charge in [-0.3, -0.25) is 20.4 Å². The van der Waals surface area contributed by atoms with Crippen LogP contribution < -0.4 is 10.9 Å². The van der Waals surface area contributed by atoms with E-state index in [0.29, 0.717) is 0 Å². The summed E-state index contributed by atoms with van der Waals surface area (Å²) >= 11 is 0. The van der Waals surface area contributed by atoms with E-state index in [2.05, 4.69) is 20.8 Å². The van der Waals surface area contributed by atoms with Gasteiger partial charge in [0.2, 0.25) is 0 Å². The molecule has 0 aliphatic heterocycles. The first-order valence-electron chi connectivity index (χ1n) is 8.99. The first kappa shape index (κ1) is 17.7. The average molecular weight is 376 g/mol. The van der Waals surface area contributed by atoms with E-state index in [4.69, 9.17) is 0 Å². The zero-order valence-electron chi connectivity index (χ0n) is 15.5. The Labute approximate surface area is 161 Å². The number of hydrogen-bond acceptors (Lipinski definition) is 4. The number of benzene rings is 2. The van der Waals surface area contributed by atoms with E-state index < -0.39 is 12.1 Å². The van der Waals surface area contributed by atoms with Crippen molar-refractivity contribution in [2.75, 3.05) is 0 Å². The zero-order valence-corrected chi connectivity index (χ0v) is 15.5. The number of carbonyl (C=O) groups is 2. The first-order valence-corrected chi connectivity index (χ1v) is 8.99. The molecule has 0 saturated heterocycles. The maximum atomic E-state index is 12.5. The SMILES string of the molecule is C[C@H](C(=O)NNC(=O)[C@@H](C)n1cnc2ccccc21)n1cnc2ccccc21. The van der Waals surface area contributed by atoms with E-state index in [-0.39, 0.29) is 11.8 Å². The summed E-state index contributed by atoms with van der Waals surface area (Å²) in [5.41, 5.74) is 8.35. The molecule has 0 aliphatic carbocycles. The lowest BCUT2D eigenvalue weighted by Crippen LogP contribution is -2.46. The Morgan fingerprint density at radius 3 is 1.57 bits per heavy atom. The maximum Gasteiger partial charge on any atom is 0.261 e. The number of nitrogens with one attached hydrogen (secondary N) is 2. The largest absolute Gasteiger partial charge is 0.318 e. The van der Waals surface area contributed by atoms with Crippen LogP contribution in [0.4, 0.5) is 0 Å². The second kappa shape index (κ2) is 7.15. The predicted octanol–water partition coefficient (Wildman–Crippen LogP) is 2.36. The Hall–Kier alpha value is -3.68. The van der Waals surface area contributed by atoms with Crippen molar-refractivity contribution in [3.05, 3.63) is 61.2 Å². The molecule has 2 amide bonds. The fraction of sp³-hybridized carbons (Fsp3) is 0.200. The highest BCUT2D eigenvalue weighted by atomic mass is 16.2. The van der Waals surface area contributed by atoms with Crippen molar-refractivity contribution in [1.29, 1.82) is 0 Å². The lowest BCUT2D eigenvalue weighted by Gasteiger charge is -2.18. The fourth-order valence-corrected chi connectivity index (χ4v) is 3.16. The van der Waals surface area contributed by atoms with Gasteiger partial charge in [-0.1, -0.05) is 24.3 Å². The second-order valence-corrected chi connectivity index (χ2v) is 6.61. The van der Waals surface area contributed by atoms with Crippen LogP contribution in [-0.2, 0) is 9.59 Å². The van der Waals surface area contributed by atoms with Gasteiger partial charge >= 0.3 is 0 Å². The smallest absolute Gasteiger partial charge is 0.261 e. The number of aromatic nitrogens is 4. The van der Waals surface area contributed by atoms with Crippen molar-refractivity contribution < 1.29 is 9.59 Å². The quantitative estimate of drug-likeness (QED) is 0.535. The molecule has 0 saturated carbocycles. The highest BCUT2D eigenvalue weighted by molar-refractivity contribution is 5.88. The lowest BCUT2D eigenvalue weighted by atomic mass is 10.2. The third-order valence-corrected chi connectivity index (χ3v) is 4.86. The molecule has 8 heteroatoms. The number of carbonyl (C=O) groups excluding carboxylic acids is 2. The van der Waals surface area contributed by atoms with Crippen LogP contribution in [0, 0.1) is 0 Å². The van der Waals surface area contributed by atoms with E-state index in [9.17, 15) is 9.59 Å². The molecule has 0 radical (unpaired) electrons. The minimum absolute atomic E-state index is 0.334. The number of para-hydroxylation sites is 4. The highest BCUT2D eigenvalue weighted by Gasteiger charge is 2.21. The van der Waals surface area contributed by atoms with Crippen LogP contribution in [0.3, 0.4) is 0 Å². The van der Waals surface area contributed by atoms with E-state index in [1.807, 2.05) is 48.5 Å². The van der Waals surface area contributed by atoms with Gasteiger partial charge in [0.15, 0.2) is 0 Å². The van der Waals surface area contributed by atoms with Gasteiger partial charge in [-0.05, 0) is 38.1 Å². The van der Waals surface area contributed by atoms with E-state index in [1.54, 1.807) is 35.6 Å². The Balaban J connectivity index is 1.43. The summed E-state index contributed by atoms with van der Waals surface area (Å²) < 4.78 is 3.53. The molecule has 8 nitrogen and oxygen atoms in total. The second-order valence-electron chi connectivity index (χ2n) is 6.61. The summed E-state index contributed by atoms with van der Waals surface area (Å²) in [5.74, 6) is -0.668. The Morgan fingerprint density at radius 2 is 1.14 bits per heavy atom. The van der Waals surface area contributed by atoms with E-state index in [1.165, 1.54) is 0 Å². The van der Waals surface area contributed by atoms with Crippen LogP contribution in [-0.4, -0.2) is 30.9 Å². The molecule has 0 bridgehead atoms. The summed E-state index contributed by atoms with van der Waals surface area (Å²) in [6.45, 7) is 3.50. The summed E-state index contributed by atoms with van der Waals surface area (Å²) in [6.07, 6.45) is 3.24. The summed E-state index contributed by atoms with van der Waals surface area (Å²) in [6, 6.07) is 14.1. The molecule has 4 aromatic rings. The average Bonchev–Trinajstić information content (AvgIpc) is 3.35. The third kappa shape index (κ3) is 3.09. The molecule has 0 aliphatic rings. The molecule has 0 fully saturated rings. The van der Waals surface area contributed by atoms with Gasteiger partial charge in [0.1, 0.15) is 12.1 Å². The number of nitrogens with zero attached hydrogens (tertiary/aromatic N) is 4. The number of fused-ring (bicyclic) bond motifs is 2. The molecule has 4 rings (SSSR count). The van der Waals surface area contributed by atoms with Gasteiger partial charge < -0.3 is 9.13 Å². The van der Waals surface area contributed by atoms with Crippen molar-refractivity contribution in [3.8, 4) is 0 Å². The van der Waals surface area contributed by atoms with Crippen molar-refractivity contribution in [1.82, 2.24) is 30.0 Å². The van der Waals surface area contributed by atoms with Gasteiger partial charge in [0, 0.05) is 0 Å². The topological polar surface area (TPSA) is 93.8 Å². The Morgan fingerprint density at radius 1 is 0.750 bits per heavy atom. The van der Waals surface area contributed by atoms with Crippen molar-refractivity contribution in [2.24, 2.45) is 0 Å². The molecular formula is C20H20N6O2. The lowest BCUT2D eigenvalue weighted by molar-refractivity contribution is -0.131. The van der Waals surface area contributed by atoms with E-state index >= 15 is 0 Å². The predicted molar refractivity (Wildman–Crippen MR) is 105 cm³/mol. The van der Waals surface area contributed by atoms with Crippen LogP contribution >= 0.6 is 0 Å². The number of amides is 2. The molecule has 2 N–H and O–H groups in total. The molecule has 2 aromatic carbocycles. The first-order chi connectivity index (χ1) is 13.6. The van der Waals surface area contributed by atoms with Crippen LogP contribution in [0.1, 0.15) is 25.9 Å². The molecule has 0 spiro atoms. The van der Waals surface area contributed by atoms with Gasteiger partial charge in [-0.15, -0.1) is 0 Å². The zero-order chi connectivity index (χ0) is 19.7. The summed E-state index contributed by atoms with van der Waals surface area (Å²) in [7, 11) is 0. The third-order valence-electron chi connectivity index (χ3n) is 4.86. The number of hydrogen-bond donors (Lipinski definition) is 2. The van der Waals surface area contributed by atoms with Gasteiger partial charge in [0.25, 0.3) is 11.8 Å². The van der Waals surface area contributed by atoms with E-state index in [0.717, 1.165) is 22.1 Å². The molecule has 2 atom stereocenters. The minimum Gasteiger partial charge on any atom is -0.318 e. The molecule has 2 heterocycles. The standard InChI is InChI=1S/C20H20N6O2/c1-13(25-11-21-15-7-3-5-9-17(15)25)19(27)23-24-20(28)14(2)26-12-22-16-8-4-6-10-18(16)26/h3-14H,1-2H3,(H,23,27)(H,24,28)/t13-,14-/m1/s1. The molecule has 142 valence electrons. The van der Waals surface area contributed by atoms with Crippen LogP contribution in [0.2, 0.25) is 0 Å². The molecule has 2 aromatic heterocycles. The highest BCUT2D eigenvalue weighted by Crippen LogP contribution is 2.18. The fourth-order valence-electron chi connectivity index (χ4n) is 3.16. The van der Waals surface area contributed by atoms with Crippen molar-refractivity contribution in [2.45, 2.75) is 25.9 Å².